The molecule has 0 atom stereocenters. The zero-order valence-corrected chi connectivity index (χ0v) is 13.8. The number of hydrogen-bond acceptors (Lipinski definition) is 7. The third-order valence-electron chi connectivity index (χ3n) is 3.70. The Labute approximate surface area is 141 Å². The fourth-order valence-electron chi connectivity index (χ4n) is 2.62. The van der Waals surface area contributed by atoms with E-state index >= 15 is 0 Å². The first-order valence-electron chi connectivity index (χ1n) is 7.65. The number of hydrogen-bond donors (Lipinski definition) is 1. The number of benzene rings is 1. The molecule has 0 aliphatic heterocycles. The van der Waals surface area contributed by atoms with Crippen molar-refractivity contribution >= 4 is 33.8 Å². The van der Waals surface area contributed by atoms with E-state index in [4.69, 9.17) is 4.42 Å². The Balaban J connectivity index is 1.82. The van der Waals surface area contributed by atoms with Gasteiger partial charge in [0.25, 0.3) is 0 Å². The van der Waals surface area contributed by atoms with E-state index in [1.807, 2.05) is 28.8 Å². The van der Waals surface area contributed by atoms with Gasteiger partial charge in [0, 0.05) is 11.9 Å². The van der Waals surface area contributed by atoms with Crippen LogP contribution in [0.4, 0.5) is 0 Å². The lowest BCUT2D eigenvalue weighted by molar-refractivity contribution is 0.263. The van der Waals surface area contributed by atoms with E-state index in [2.05, 4.69) is 27.1 Å². The van der Waals surface area contributed by atoms with Gasteiger partial charge in [-0.1, -0.05) is 19.1 Å². The summed E-state index contributed by atoms with van der Waals surface area (Å²) in [7, 11) is 0. The van der Waals surface area contributed by atoms with Gasteiger partial charge >= 0.3 is 0 Å². The van der Waals surface area contributed by atoms with Crippen molar-refractivity contribution in [2.75, 3.05) is 0 Å². The number of fused-ring (bicyclic) bond motifs is 3. The van der Waals surface area contributed by atoms with Crippen LogP contribution in [0.1, 0.15) is 19.2 Å². The molecule has 7 nitrogen and oxygen atoms in total. The molecule has 4 aromatic rings. The second-order valence-corrected chi connectivity index (χ2v) is 6.22. The molecule has 0 saturated heterocycles. The van der Waals surface area contributed by atoms with E-state index in [0.717, 1.165) is 29.5 Å². The molecule has 3 heterocycles. The lowest BCUT2D eigenvalue weighted by Crippen LogP contribution is -2.04. The Morgan fingerprint density at radius 3 is 2.92 bits per heavy atom. The van der Waals surface area contributed by atoms with Gasteiger partial charge in [0.15, 0.2) is 21.6 Å². The third kappa shape index (κ3) is 2.44. The fraction of sp³-hybridized carbons (Fsp3) is 0.250. The second kappa shape index (κ2) is 6.21. The Morgan fingerprint density at radius 2 is 2.08 bits per heavy atom. The van der Waals surface area contributed by atoms with Gasteiger partial charge < -0.3 is 14.1 Å². The fourth-order valence-corrected chi connectivity index (χ4v) is 3.51. The van der Waals surface area contributed by atoms with E-state index < -0.39 is 0 Å². The molecule has 24 heavy (non-hydrogen) atoms. The minimum Gasteiger partial charge on any atom is -0.451 e. The highest BCUT2D eigenvalue weighted by atomic mass is 32.2. The van der Waals surface area contributed by atoms with Gasteiger partial charge in [0.05, 0.1) is 0 Å². The third-order valence-corrected chi connectivity index (χ3v) is 4.66. The SMILES string of the molecule is CCCn1c(CO)nnc1Sc1ncnc2c1oc1ccccc12. The van der Waals surface area contributed by atoms with Crippen LogP contribution >= 0.6 is 11.8 Å². The van der Waals surface area contributed by atoms with Gasteiger partial charge in [-0.2, -0.15) is 0 Å². The minimum atomic E-state index is -0.141. The average molecular weight is 341 g/mol. The van der Waals surface area contributed by atoms with E-state index in [-0.39, 0.29) is 6.61 Å². The van der Waals surface area contributed by atoms with Crippen molar-refractivity contribution in [1.29, 1.82) is 0 Å². The first kappa shape index (κ1) is 15.1. The molecule has 4 rings (SSSR count). The number of aliphatic hydroxyl groups is 1. The van der Waals surface area contributed by atoms with E-state index in [1.54, 1.807) is 0 Å². The van der Waals surface area contributed by atoms with Gasteiger partial charge in [-0.15, -0.1) is 10.2 Å². The van der Waals surface area contributed by atoms with Crippen LogP contribution in [0.3, 0.4) is 0 Å². The monoisotopic (exact) mass is 341 g/mol. The van der Waals surface area contributed by atoms with Crippen LogP contribution in [0.2, 0.25) is 0 Å². The molecule has 3 aromatic heterocycles. The summed E-state index contributed by atoms with van der Waals surface area (Å²) < 4.78 is 7.84. The molecule has 122 valence electrons. The Kier molecular flexibility index (Phi) is 3.91. The Bertz CT molecular complexity index is 1010. The molecule has 0 aliphatic carbocycles. The maximum Gasteiger partial charge on any atom is 0.197 e. The molecule has 0 unspecified atom stereocenters. The summed E-state index contributed by atoms with van der Waals surface area (Å²) in [6.45, 7) is 2.66. The zero-order valence-electron chi connectivity index (χ0n) is 13.0. The molecule has 1 N–H and O–H groups in total. The molecule has 1 aromatic carbocycles. The van der Waals surface area contributed by atoms with Crippen LogP contribution < -0.4 is 0 Å². The summed E-state index contributed by atoms with van der Waals surface area (Å²) in [5.74, 6) is 0.550. The molecule has 0 fully saturated rings. The van der Waals surface area contributed by atoms with Gasteiger partial charge in [-0.25, -0.2) is 9.97 Å². The number of para-hydroxylation sites is 1. The number of aromatic nitrogens is 5. The number of nitrogens with zero attached hydrogens (tertiary/aromatic N) is 5. The van der Waals surface area contributed by atoms with Gasteiger partial charge in [-0.05, 0) is 30.3 Å². The van der Waals surface area contributed by atoms with Crippen molar-refractivity contribution in [3.63, 3.8) is 0 Å². The average Bonchev–Trinajstić information content (AvgIpc) is 3.17. The molecular formula is C16H15N5O2S. The zero-order chi connectivity index (χ0) is 16.5. The van der Waals surface area contributed by atoms with Crippen LogP contribution in [0, 0.1) is 0 Å². The lowest BCUT2D eigenvalue weighted by atomic mass is 10.2. The second-order valence-electron chi connectivity index (χ2n) is 5.27. The van der Waals surface area contributed by atoms with Crippen LogP contribution in [0.15, 0.2) is 45.2 Å². The minimum absolute atomic E-state index is 0.141. The van der Waals surface area contributed by atoms with Gasteiger partial charge in [0.2, 0.25) is 0 Å². The predicted molar refractivity (Wildman–Crippen MR) is 89.7 cm³/mol. The first-order valence-corrected chi connectivity index (χ1v) is 8.46. The van der Waals surface area contributed by atoms with Crippen molar-refractivity contribution in [3.8, 4) is 0 Å². The molecule has 0 saturated carbocycles. The predicted octanol–water partition coefficient (Wildman–Crippen LogP) is 3.02. The van der Waals surface area contributed by atoms with Crippen molar-refractivity contribution in [1.82, 2.24) is 24.7 Å². The largest absolute Gasteiger partial charge is 0.451 e. The van der Waals surface area contributed by atoms with Crippen molar-refractivity contribution in [2.24, 2.45) is 0 Å². The van der Waals surface area contributed by atoms with E-state index in [1.165, 1.54) is 18.1 Å². The molecular weight excluding hydrogens is 326 g/mol. The summed E-state index contributed by atoms with van der Waals surface area (Å²) in [6, 6.07) is 7.77. The number of aliphatic hydroxyl groups excluding tert-OH is 1. The molecule has 0 bridgehead atoms. The number of furan rings is 1. The quantitative estimate of drug-likeness (QED) is 0.558. The first-order chi connectivity index (χ1) is 11.8. The van der Waals surface area contributed by atoms with Gasteiger partial charge in [0.1, 0.15) is 24.0 Å². The molecule has 0 spiro atoms. The maximum absolute atomic E-state index is 9.41. The maximum atomic E-state index is 9.41. The standard InChI is InChI=1S/C16H15N5O2S/c1-2-7-21-12(8-22)19-20-16(21)24-15-14-13(17-9-18-15)10-5-3-4-6-11(10)23-14/h3-6,9,22H,2,7-8H2,1H3. The topological polar surface area (TPSA) is 89.9 Å². The molecule has 0 amide bonds. The van der Waals surface area contributed by atoms with Crippen molar-refractivity contribution < 1.29 is 9.52 Å². The molecule has 0 radical (unpaired) electrons. The van der Waals surface area contributed by atoms with Crippen LogP contribution in [0.25, 0.3) is 22.1 Å². The Morgan fingerprint density at radius 1 is 1.21 bits per heavy atom. The smallest absolute Gasteiger partial charge is 0.197 e. The van der Waals surface area contributed by atoms with Crippen LogP contribution in [0.5, 0.6) is 0 Å². The van der Waals surface area contributed by atoms with Crippen molar-refractivity contribution in [3.05, 3.63) is 36.4 Å². The van der Waals surface area contributed by atoms with Crippen LogP contribution in [-0.4, -0.2) is 29.8 Å². The van der Waals surface area contributed by atoms with Crippen molar-refractivity contribution in [2.45, 2.75) is 36.7 Å². The summed E-state index contributed by atoms with van der Waals surface area (Å²) in [5.41, 5.74) is 2.20. The normalized spacial score (nSPS) is 11.6. The Hall–Kier alpha value is -2.45. The highest BCUT2D eigenvalue weighted by Crippen LogP contribution is 2.35. The summed E-state index contributed by atoms with van der Waals surface area (Å²) in [4.78, 5) is 8.70. The van der Waals surface area contributed by atoms with Crippen LogP contribution in [-0.2, 0) is 13.2 Å². The van der Waals surface area contributed by atoms with E-state index in [0.29, 0.717) is 21.6 Å². The van der Waals surface area contributed by atoms with E-state index in [9.17, 15) is 5.11 Å². The summed E-state index contributed by atoms with van der Waals surface area (Å²) in [5, 5.41) is 20.0. The highest BCUT2D eigenvalue weighted by molar-refractivity contribution is 7.99. The summed E-state index contributed by atoms with van der Waals surface area (Å²) >= 11 is 1.37. The summed E-state index contributed by atoms with van der Waals surface area (Å²) in [6.07, 6.45) is 2.45. The number of rotatable bonds is 5. The lowest BCUT2D eigenvalue weighted by Gasteiger charge is -2.06. The van der Waals surface area contributed by atoms with Gasteiger partial charge in [-0.3, -0.25) is 0 Å². The molecule has 8 heteroatoms. The molecule has 0 aliphatic rings. The highest BCUT2D eigenvalue weighted by Gasteiger charge is 2.18.